The third-order valence-corrected chi connectivity index (χ3v) is 4.36. The van der Waals surface area contributed by atoms with E-state index in [9.17, 15) is 4.21 Å². The van der Waals surface area contributed by atoms with E-state index < -0.39 is 10.8 Å². The Morgan fingerprint density at radius 3 is 2.38 bits per heavy atom. The first kappa shape index (κ1) is 15.3. The van der Waals surface area contributed by atoms with Crippen molar-refractivity contribution in [3.8, 4) is 11.8 Å². The molecule has 0 N–H and O–H groups in total. The lowest BCUT2D eigenvalue weighted by Gasteiger charge is -2.07. The molecule has 108 valence electrons. The van der Waals surface area contributed by atoms with Gasteiger partial charge >= 0.3 is 0 Å². The average molecular weight is 299 g/mol. The van der Waals surface area contributed by atoms with Crippen molar-refractivity contribution in [1.82, 2.24) is 0 Å². The van der Waals surface area contributed by atoms with Crippen LogP contribution >= 0.6 is 0 Å². The van der Waals surface area contributed by atoms with Crippen molar-refractivity contribution in [2.75, 3.05) is 12.4 Å². The van der Waals surface area contributed by atoms with Crippen molar-refractivity contribution >= 4 is 10.8 Å². The zero-order valence-corrected chi connectivity index (χ0v) is 12.7. The number of aryl methyl sites for hydroxylation is 1. The highest BCUT2D eigenvalue weighted by Gasteiger charge is 2.04. The molecule has 0 saturated heterocycles. The molecule has 0 aliphatic rings. The number of nitriles is 1. The first-order valence-corrected chi connectivity index (χ1v) is 8.04. The first-order chi connectivity index (χ1) is 10.2. The monoisotopic (exact) mass is 299 g/mol. The Labute approximate surface area is 127 Å². The molecule has 0 saturated carbocycles. The topological polar surface area (TPSA) is 50.1 Å². The number of rotatable bonds is 6. The summed E-state index contributed by atoms with van der Waals surface area (Å²) >= 11 is 0. The van der Waals surface area contributed by atoms with Gasteiger partial charge in [-0.15, -0.1) is 0 Å². The van der Waals surface area contributed by atoms with Crippen LogP contribution in [0.3, 0.4) is 0 Å². The molecule has 1 unspecified atom stereocenters. The lowest BCUT2D eigenvalue weighted by molar-refractivity contribution is 0.342. The van der Waals surface area contributed by atoms with E-state index >= 15 is 0 Å². The van der Waals surface area contributed by atoms with Crippen molar-refractivity contribution in [2.45, 2.75) is 18.2 Å². The fourth-order valence-corrected chi connectivity index (χ4v) is 2.75. The zero-order valence-electron chi connectivity index (χ0n) is 11.9. The molecule has 0 heterocycles. The summed E-state index contributed by atoms with van der Waals surface area (Å²) in [5, 5.41) is 8.60. The van der Waals surface area contributed by atoms with Crippen molar-refractivity contribution in [3.05, 3.63) is 59.7 Å². The van der Waals surface area contributed by atoms with E-state index in [-0.39, 0.29) is 0 Å². The maximum absolute atomic E-state index is 12.1. The normalized spacial score (nSPS) is 11.6. The fourth-order valence-electron chi connectivity index (χ4n) is 1.84. The first-order valence-electron chi connectivity index (χ1n) is 6.73. The van der Waals surface area contributed by atoms with Gasteiger partial charge in [0.15, 0.2) is 0 Å². The van der Waals surface area contributed by atoms with E-state index in [0.29, 0.717) is 18.8 Å². The second kappa shape index (κ2) is 7.61. The van der Waals surface area contributed by atoms with E-state index in [1.807, 2.05) is 55.5 Å². The number of benzene rings is 2. The van der Waals surface area contributed by atoms with E-state index in [4.69, 9.17) is 10.00 Å². The average Bonchev–Trinajstić information content (AvgIpc) is 2.50. The molecule has 21 heavy (non-hydrogen) atoms. The molecule has 0 fully saturated rings. The van der Waals surface area contributed by atoms with Gasteiger partial charge in [-0.3, -0.25) is 4.21 Å². The molecule has 2 aromatic carbocycles. The molecule has 0 amide bonds. The van der Waals surface area contributed by atoms with Gasteiger partial charge in [0, 0.05) is 4.90 Å². The minimum absolute atomic E-state index is 0.401. The van der Waals surface area contributed by atoms with E-state index in [2.05, 4.69) is 6.07 Å². The van der Waals surface area contributed by atoms with Gasteiger partial charge in [0.05, 0.1) is 29.0 Å². The molecular weight excluding hydrogens is 282 g/mol. The quantitative estimate of drug-likeness (QED) is 0.822. The summed E-state index contributed by atoms with van der Waals surface area (Å²) in [6, 6.07) is 17.2. The van der Waals surface area contributed by atoms with Crippen LogP contribution in [0.5, 0.6) is 5.75 Å². The molecule has 0 bridgehead atoms. The van der Waals surface area contributed by atoms with Crippen molar-refractivity contribution in [3.63, 3.8) is 0 Å². The lowest BCUT2D eigenvalue weighted by atomic mass is 10.2. The summed E-state index contributed by atoms with van der Waals surface area (Å²) in [6.07, 6.45) is 0.401. The van der Waals surface area contributed by atoms with Gasteiger partial charge in [-0.05, 0) is 36.8 Å². The molecule has 0 aliphatic heterocycles. The van der Waals surface area contributed by atoms with Gasteiger partial charge < -0.3 is 4.74 Å². The van der Waals surface area contributed by atoms with Crippen LogP contribution in [-0.4, -0.2) is 16.6 Å². The van der Waals surface area contributed by atoms with Gasteiger partial charge in [-0.25, -0.2) is 0 Å². The summed E-state index contributed by atoms with van der Waals surface area (Å²) in [4.78, 5) is 0.827. The molecule has 2 rings (SSSR count). The van der Waals surface area contributed by atoms with Crippen LogP contribution < -0.4 is 4.74 Å². The molecule has 2 aromatic rings. The predicted octanol–water partition coefficient (Wildman–Crippen LogP) is 3.25. The smallest absolute Gasteiger partial charge is 0.119 e. The Morgan fingerprint density at radius 1 is 1.10 bits per heavy atom. The van der Waals surface area contributed by atoms with Crippen molar-refractivity contribution in [1.29, 1.82) is 5.26 Å². The van der Waals surface area contributed by atoms with E-state index in [0.717, 1.165) is 21.8 Å². The van der Waals surface area contributed by atoms with Gasteiger partial charge in [0.1, 0.15) is 12.4 Å². The standard InChI is InChI=1S/C17H17NO2S/c1-14-2-8-17(9-3-14)21(19)13-12-20-16-6-4-15(5-7-16)10-11-18/h2-9H,10,12-13H2,1H3. The van der Waals surface area contributed by atoms with Crippen LogP contribution in [0.25, 0.3) is 0 Å². The highest BCUT2D eigenvalue weighted by atomic mass is 32.2. The van der Waals surface area contributed by atoms with Crippen molar-refractivity contribution < 1.29 is 8.95 Å². The summed E-state index contributed by atoms with van der Waals surface area (Å²) in [7, 11) is -1.04. The number of ether oxygens (including phenoxy) is 1. The van der Waals surface area contributed by atoms with Crippen molar-refractivity contribution in [2.24, 2.45) is 0 Å². The highest BCUT2D eigenvalue weighted by Crippen LogP contribution is 2.13. The number of hydrogen-bond donors (Lipinski definition) is 0. The van der Waals surface area contributed by atoms with E-state index in [1.54, 1.807) is 0 Å². The Morgan fingerprint density at radius 2 is 1.76 bits per heavy atom. The van der Waals surface area contributed by atoms with Crippen LogP contribution in [0.2, 0.25) is 0 Å². The van der Waals surface area contributed by atoms with Crippen LogP contribution in [-0.2, 0) is 17.2 Å². The molecule has 4 heteroatoms. The van der Waals surface area contributed by atoms with Gasteiger partial charge in [0.2, 0.25) is 0 Å². The summed E-state index contributed by atoms with van der Waals surface area (Å²) in [5.74, 6) is 1.20. The summed E-state index contributed by atoms with van der Waals surface area (Å²) in [5.41, 5.74) is 2.12. The number of nitrogens with zero attached hydrogens (tertiary/aromatic N) is 1. The Bertz CT molecular complexity index is 642. The Balaban J connectivity index is 1.82. The minimum Gasteiger partial charge on any atom is -0.493 e. The molecule has 1 atom stereocenters. The number of hydrogen-bond acceptors (Lipinski definition) is 3. The van der Waals surface area contributed by atoms with Crippen LogP contribution in [0, 0.1) is 18.3 Å². The molecular formula is C17H17NO2S. The van der Waals surface area contributed by atoms with E-state index in [1.165, 1.54) is 0 Å². The van der Waals surface area contributed by atoms with Gasteiger partial charge in [0.25, 0.3) is 0 Å². The zero-order chi connectivity index (χ0) is 15.1. The maximum atomic E-state index is 12.1. The molecule has 0 spiro atoms. The maximum Gasteiger partial charge on any atom is 0.119 e. The highest BCUT2D eigenvalue weighted by molar-refractivity contribution is 7.85. The summed E-state index contributed by atoms with van der Waals surface area (Å²) < 4.78 is 17.7. The van der Waals surface area contributed by atoms with Crippen LogP contribution in [0.1, 0.15) is 11.1 Å². The van der Waals surface area contributed by atoms with Crippen LogP contribution in [0.4, 0.5) is 0 Å². The van der Waals surface area contributed by atoms with Gasteiger partial charge in [-0.1, -0.05) is 29.8 Å². The lowest BCUT2D eigenvalue weighted by Crippen LogP contribution is -2.08. The molecule has 3 nitrogen and oxygen atoms in total. The largest absolute Gasteiger partial charge is 0.493 e. The Kier molecular flexibility index (Phi) is 5.53. The molecule has 0 radical (unpaired) electrons. The second-order valence-corrected chi connectivity index (χ2v) is 6.26. The summed E-state index contributed by atoms with van der Waals surface area (Å²) in [6.45, 7) is 2.41. The second-order valence-electron chi connectivity index (χ2n) is 4.69. The van der Waals surface area contributed by atoms with Gasteiger partial charge in [-0.2, -0.15) is 5.26 Å². The molecule has 0 aromatic heterocycles. The fraction of sp³-hybridized carbons (Fsp3) is 0.235. The van der Waals surface area contributed by atoms with Crippen LogP contribution in [0.15, 0.2) is 53.4 Å². The third kappa shape index (κ3) is 4.73. The third-order valence-electron chi connectivity index (χ3n) is 3.03. The SMILES string of the molecule is Cc1ccc(S(=O)CCOc2ccc(CC#N)cc2)cc1. The minimum atomic E-state index is -1.04. The molecule has 0 aliphatic carbocycles. The predicted molar refractivity (Wildman–Crippen MR) is 83.7 cm³/mol. The Hall–Kier alpha value is -2.12.